The molecule has 31 heavy (non-hydrogen) atoms. The standard InChI is InChI=1S/C22H25N5O4/c1-14-7-10-16(11-8-14)24-22-26-18(25-21(23)27-22)13-31-19(28)12-9-15-5-4-6-17(29-2)20(15)30-3/h4-8,10-11H,9,12-13H2,1-3H3,(H3,23,24,25,26,27). The molecule has 1 heterocycles. The maximum atomic E-state index is 12.2. The van der Waals surface area contributed by atoms with Crippen molar-refractivity contribution in [1.82, 2.24) is 15.0 Å². The van der Waals surface area contributed by atoms with Crippen molar-refractivity contribution in [2.75, 3.05) is 25.3 Å². The molecule has 162 valence electrons. The monoisotopic (exact) mass is 423 g/mol. The molecule has 0 atom stereocenters. The normalized spacial score (nSPS) is 10.4. The molecular formula is C22H25N5O4. The van der Waals surface area contributed by atoms with Crippen molar-refractivity contribution in [2.24, 2.45) is 0 Å². The van der Waals surface area contributed by atoms with E-state index in [4.69, 9.17) is 19.9 Å². The molecule has 2 aromatic carbocycles. The maximum Gasteiger partial charge on any atom is 0.306 e. The van der Waals surface area contributed by atoms with Crippen LogP contribution in [-0.4, -0.2) is 35.1 Å². The van der Waals surface area contributed by atoms with Gasteiger partial charge in [0.2, 0.25) is 11.9 Å². The van der Waals surface area contributed by atoms with Crippen LogP contribution in [0.5, 0.6) is 11.5 Å². The molecule has 0 unspecified atom stereocenters. The van der Waals surface area contributed by atoms with Crippen molar-refractivity contribution in [3.63, 3.8) is 0 Å². The van der Waals surface area contributed by atoms with Crippen molar-refractivity contribution in [1.29, 1.82) is 0 Å². The molecule has 0 aliphatic carbocycles. The van der Waals surface area contributed by atoms with Crippen LogP contribution in [0.1, 0.15) is 23.4 Å². The molecular weight excluding hydrogens is 398 g/mol. The van der Waals surface area contributed by atoms with Gasteiger partial charge >= 0.3 is 5.97 Å². The fraction of sp³-hybridized carbons (Fsp3) is 0.273. The number of para-hydroxylation sites is 1. The molecule has 3 aromatic rings. The van der Waals surface area contributed by atoms with E-state index in [1.807, 2.05) is 43.3 Å². The summed E-state index contributed by atoms with van der Waals surface area (Å²) in [6.45, 7) is 1.89. The number of carbonyl (C=O) groups is 1. The highest BCUT2D eigenvalue weighted by atomic mass is 16.5. The lowest BCUT2D eigenvalue weighted by atomic mass is 10.1. The number of benzene rings is 2. The summed E-state index contributed by atoms with van der Waals surface area (Å²) in [4.78, 5) is 24.6. The number of nitrogens with zero attached hydrogens (tertiary/aromatic N) is 3. The molecule has 0 aliphatic heterocycles. The molecule has 0 fully saturated rings. The minimum absolute atomic E-state index is 0.0387. The van der Waals surface area contributed by atoms with Gasteiger partial charge in [-0.1, -0.05) is 29.8 Å². The Balaban J connectivity index is 1.58. The lowest BCUT2D eigenvalue weighted by Crippen LogP contribution is -2.11. The smallest absolute Gasteiger partial charge is 0.306 e. The Labute approximate surface area is 180 Å². The highest BCUT2D eigenvalue weighted by Crippen LogP contribution is 2.31. The van der Waals surface area contributed by atoms with Crippen LogP contribution >= 0.6 is 0 Å². The molecule has 0 saturated heterocycles. The Morgan fingerprint density at radius 2 is 1.81 bits per heavy atom. The predicted octanol–water partition coefficient (Wildman–Crippen LogP) is 3.20. The van der Waals surface area contributed by atoms with E-state index >= 15 is 0 Å². The number of aromatic nitrogens is 3. The van der Waals surface area contributed by atoms with Crippen LogP contribution in [0.25, 0.3) is 0 Å². The average molecular weight is 423 g/mol. The van der Waals surface area contributed by atoms with Gasteiger partial charge in [0.1, 0.15) is 0 Å². The predicted molar refractivity (Wildman–Crippen MR) is 116 cm³/mol. The third kappa shape index (κ3) is 6.05. The number of hydrogen-bond acceptors (Lipinski definition) is 9. The molecule has 9 heteroatoms. The fourth-order valence-electron chi connectivity index (χ4n) is 2.93. The van der Waals surface area contributed by atoms with Gasteiger partial charge in [-0.25, -0.2) is 0 Å². The lowest BCUT2D eigenvalue weighted by Gasteiger charge is -2.12. The van der Waals surface area contributed by atoms with E-state index in [2.05, 4.69) is 20.3 Å². The number of aryl methyl sites for hydroxylation is 2. The van der Waals surface area contributed by atoms with Crippen molar-refractivity contribution in [3.8, 4) is 11.5 Å². The van der Waals surface area contributed by atoms with Gasteiger partial charge in [-0.2, -0.15) is 15.0 Å². The minimum Gasteiger partial charge on any atom is -0.493 e. The molecule has 1 aromatic heterocycles. The summed E-state index contributed by atoms with van der Waals surface area (Å²) in [5, 5.41) is 3.06. The maximum absolute atomic E-state index is 12.2. The zero-order chi connectivity index (χ0) is 22.2. The van der Waals surface area contributed by atoms with Crippen LogP contribution in [0.2, 0.25) is 0 Å². The summed E-state index contributed by atoms with van der Waals surface area (Å²) in [6, 6.07) is 13.3. The van der Waals surface area contributed by atoms with Crippen LogP contribution in [0.3, 0.4) is 0 Å². The Bertz CT molecular complexity index is 1040. The van der Waals surface area contributed by atoms with Crippen molar-refractivity contribution in [3.05, 3.63) is 59.4 Å². The second-order valence-electron chi connectivity index (χ2n) is 6.74. The first-order valence-corrected chi connectivity index (χ1v) is 9.68. The topological polar surface area (TPSA) is 121 Å². The number of ether oxygens (including phenoxy) is 3. The van der Waals surface area contributed by atoms with E-state index in [-0.39, 0.29) is 30.7 Å². The summed E-state index contributed by atoms with van der Waals surface area (Å²) in [5.41, 5.74) is 8.57. The van der Waals surface area contributed by atoms with Gasteiger partial charge in [-0.05, 0) is 37.1 Å². The van der Waals surface area contributed by atoms with Crippen molar-refractivity contribution >= 4 is 23.6 Å². The van der Waals surface area contributed by atoms with Crippen LogP contribution in [-0.2, 0) is 22.6 Å². The van der Waals surface area contributed by atoms with Gasteiger partial charge in [0, 0.05) is 12.1 Å². The Kier molecular flexibility index (Phi) is 7.21. The second kappa shape index (κ2) is 10.2. The highest BCUT2D eigenvalue weighted by Gasteiger charge is 2.13. The second-order valence-corrected chi connectivity index (χ2v) is 6.74. The quantitative estimate of drug-likeness (QED) is 0.500. The molecule has 3 rings (SSSR count). The number of nitrogens with two attached hydrogens (primary N) is 1. The van der Waals surface area contributed by atoms with Crippen LogP contribution in [0.15, 0.2) is 42.5 Å². The lowest BCUT2D eigenvalue weighted by molar-refractivity contribution is -0.145. The SMILES string of the molecule is COc1cccc(CCC(=O)OCc2nc(N)nc(Nc3ccc(C)cc3)n2)c1OC. The van der Waals surface area contributed by atoms with E-state index in [1.54, 1.807) is 20.3 Å². The van der Waals surface area contributed by atoms with Crippen LogP contribution in [0, 0.1) is 6.92 Å². The highest BCUT2D eigenvalue weighted by molar-refractivity contribution is 5.70. The zero-order valence-electron chi connectivity index (χ0n) is 17.7. The van der Waals surface area contributed by atoms with E-state index in [0.717, 1.165) is 16.8 Å². The first kappa shape index (κ1) is 21.8. The molecule has 0 bridgehead atoms. The minimum atomic E-state index is -0.392. The first-order chi connectivity index (χ1) is 15.0. The first-order valence-electron chi connectivity index (χ1n) is 9.68. The summed E-state index contributed by atoms with van der Waals surface area (Å²) in [7, 11) is 3.13. The van der Waals surface area contributed by atoms with Gasteiger partial charge < -0.3 is 25.3 Å². The third-order valence-electron chi connectivity index (χ3n) is 4.45. The van der Waals surface area contributed by atoms with E-state index in [1.165, 1.54) is 0 Å². The third-order valence-corrected chi connectivity index (χ3v) is 4.45. The molecule has 0 aliphatic rings. The number of nitrogens with one attached hydrogen (secondary N) is 1. The summed E-state index contributed by atoms with van der Waals surface area (Å²) >= 11 is 0. The van der Waals surface area contributed by atoms with Crippen LogP contribution < -0.4 is 20.5 Å². The van der Waals surface area contributed by atoms with Gasteiger partial charge in [0.05, 0.1) is 14.2 Å². The largest absolute Gasteiger partial charge is 0.493 e. The molecule has 9 nitrogen and oxygen atoms in total. The fourth-order valence-corrected chi connectivity index (χ4v) is 2.93. The van der Waals surface area contributed by atoms with E-state index < -0.39 is 5.97 Å². The number of esters is 1. The zero-order valence-corrected chi connectivity index (χ0v) is 17.7. The van der Waals surface area contributed by atoms with Gasteiger partial charge in [0.25, 0.3) is 0 Å². The molecule has 0 amide bonds. The van der Waals surface area contributed by atoms with E-state index in [0.29, 0.717) is 17.9 Å². The van der Waals surface area contributed by atoms with E-state index in [9.17, 15) is 4.79 Å². The van der Waals surface area contributed by atoms with Crippen molar-refractivity contribution in [2.45, 2.75) is 26.4 Å². The molecule has 3 N–H and O–H groups in total. The Morgan fingerprint density at radius 3 is 2.52 bits per heavy atom. The number of carbonyl (C=O) groups excluding carboxylic acids is 1. The van der Waals surface area contributed by atoms with Gasteiger partial charge in [0.15, 0.2) is 23.9 Å². The number of nitrogen functional groups attached to an aromatic ring is 1. The number of rotatable bonds is 9. The van der Waals surface area contributed by atoms with Gasteiger partial charge in [-0.3, -0.25) is 4.79 Å². The summed E-state index contributed by atoms with van der Waals surface area (Å²) < 4.78 is 16.0. The molecule has 0 saturated carbocycles. The molecule has 0 radical (unpaired) electrons. The summed E-state index contributed by atoms with van der Waals surface area (Å²) in [5.74, 6) is 1.41. The summed E-state index contributed by atoms with van der Waals surface area (Å²) in [6.07, 6.45) is 0.608. The number of hydrogen-bond donors (Lipinski definition) is 2. The number of methoxy groups -OCH3 is 2. The van der Waals surface area contributed by atoms with Crippen LogP contribution in [0.4, 0.5) is 17.6 Å². The number of anilines is 3. The van der Waals surface area contributed by atoms with Crippen molar-refractivity contribution < 1.29 is 19.0 Å². The van der Waals surface area contributed by atoms with Gasteiger partial charge in [-0.15, -0.1) is 0 Å². The Hall–Kier alpha value is -3.88. The molecule has 0 spiro atoms. The average Bonchev–Trinajstić information content (AvgIpc) is 2.77. The Morgan fingerprint density at radius 1 is 1.03 bits per heavy atom.